The van der Waals surface area contributed by atoms with Crippen LogP contribution in [0.3, 0.4) is 0 Å². The maximum Gasteiger partial charge on any atom is 0.224 e. The SMILES string of the molecule is Cc1nc(CN2CCN(c3cc(-n4cccn4)nc(N)n3)CC2)n[nH]1. The Morgan fingerprint density at radius 1 is 1.12 bits per heavy atom. The number of anilines is 2. The summed E-state index contributed by atoms with van der Waals surface area (Å²) in [5.41, 5.74) is 5.88. The molecule has 3 aromatic heterocycles. The van der Waals surface area contributed by atoms with E-state index in [2.05, 4.69) is 40.0 Å². The molecule has 0 atom stereocenters. The molecule has 4 heterocycles. The van der Waals surface area contributed by atoms with Crippen molar-refractivity contribution < 1.29 is 0 Å². The third-order valence-electron chi connectivity index (χ3n) is 4.16. The standard InChI is InChI=1S/C15H20N10/c1-11-18-12(22-21-11)10-23-5-7-24(8-6-23)13-9-14(20-15(16)19-13)25-4-2-3-17-25/h2-4,9H,5-8,10H2,1H3,(H2,16,19,20)(H,18,21,22). The first-order valence-corrected chi connectivity index (χ1v) is 8.17. The van der Waals surface area contributed by atoms with Crippen LogP contribution in [0.1, 0.15) is 11.6 Å². The molecule has 25 heavy (non-hydrogen) atoms. The average molecular weight is 340 g/mol. The van der Waals surface area contributed by atoms with Crippen molar-refractivity contribution in [2.45, 2.75) is 13.5 Å². The summed E-state index contributed by atoms with van der Waals surface area (Å²) >= 11 is 0. The second kappa shape index (κ2) is 6.48. The van der Waals surface area contributed by atoms with Gasteiger partial charge < -0.3 is 10.6 Å². The van der Waals surface area contributed by atoms with Gasteiger partial charge in [0.05, 0.1) is 6.54 Å². The maximum absolute atomic E-state index is 5.88. The number of aryl methyl sites for hydroxylation is 1. The fraction of sp³-hybridized carbons (Fsp3) is 0.400. The number of piperazine rings is 1. The number of hydrogen-bond acceptors (Lipinski definition) is 8. The fourth-order valence-electron chi connectivity index (χ4n) is 2.92. The van der Waals surface area contributed by atoms with E-state index < -0.39 is 0 Å². The molecule has 1 fully saturated rings. The van der Waals surface area contributed by atoms with Gasteiger partial charge in [0, 0.05) is 44.6 Å². The molecule has 1 aliphatic heterocycles. The molecule has 10 nitrogen and oxygen atoms in total. The summed E-state index contributed by atoms with van der Waals surface area (Å²) in [5, 5.41) is 11.3. The number of aromatic nitrogens is 7. The van der Waals surface area contributed by atoms with Crippen molar-refractivity contribution in [3.05, 3.63) is 36.2 Å². The third-order valence-corrected chi connectivity index (χ3v) is 4.16. The molecular formula is C15H20N10. The summed E-state index contributed by atoms with van der Waals surface area (Å²) in [6.07, 6.45) is 3.55. The Bertz CT molecular complexity index is 832. The van der Waals surface area contributed by atoms with Gasteiger partial charge in [0.25, 0.3) is 0 Å². The monoisotopic (exact) mass is 340 g/mol. The second-order valence-electron chi connectivity index (χ2n) is 5.99. The lowest BCUT2D eigenvalue weighted by molar-refractivity contribution is 0.243. The Morgan fingerprint density at radius 2 is 1.92 bits per heavy atom. The van der Waals surface area contributed by atoms with E-state index in [1.807, 2.05) is 25.3 Å². The fourth-order valence-corrected chi connectivity index (χ4v) is 2.92. The van der Waals surface area contributed by atoms with E-state index in [4.69, 9.17) is 5.73 Å². The summed E-state index contributed by atoms with van der Waals surface area (Å²) in [6, 6.07) is 3.76. The molecule has 130 valence electrons. The first kappa shape index (κ1) is 15.5. The number of nitrogens with zero attached hydrogens (tertiary/aromatic N) is 8. The van der Waals surface area contributed by atoms with Crippen molar-refractivity contribution in [1.82, 2.24) is 39.8 Å². The molecule has 4 rings (SSSR count). The zero-order valence-electron chi connectivity index (χ0n) is 14.0. The van der Waals surface area contributed by atoms with Gasteiger partial charge in [-0.3, -0.25) is 10.00 Å². The summed E-state index contributed by atoms with van der Waals surface area (Å²) in [6.45, 7) is 6.20. The number of aromatic amines is 1. The minimum Gasteiger partial charge on any atom is -0.368 e. The normalized spacial score (nSPS) is 15.6. The number of nitrogen functional groups attached to an aromatic ring is 1. The quantitative estimate of drug-likeness (QED) is 0.681. The molecule has 0 unspecified atom stereocenters. The van der Waals surface area contributed by atoms with E-state index in [0.29, 0.717) is 5.82 Å². The van der Waals surface area contributed by atoms with Crippen molar-refractivity contribution in [2.24, 2.45) is 0 Å². The van der Waals surface area contributed by atoms with Crippen LogP contribution in [-0.4, -0.2) is 66.0 Å². The van der Waals surface area contributed by atoms with Crippen LogP contribution in [0.15, 0.2) is 24.5 Å². The molecule has 0 aromatic carbocycles. The molecule has 0 amide bonds. The Kier molecular flexibility index (Phi) is 4.02. The number of nitrogens with one attached hydrogen (secondary N) is 1. The Morgan fingerprint density at radius 3 is 2.60 bits per heavy atom. The molecule has 0 aliphatic carbocycles. The Hall–Kier alpha value is -3.01. The Balaban J connectivity index is 1.44. The molecule has 1 aliphatic rings. The van der Waals surface area contributed by atoms with E-state index >= 15 is 0 Å². The highest BCUT2D eigenvalue weighted by atomic mass is 15.3. The predicted octanol–water partition coefficient (Wildman–Crippen LogP) is -0.00678. The van der Waals surface area contributed by atoms with Crippen molar-refractivity contribution in [1.29, 1.82) is 0 Å². The Labute approximate surface area is 144 Å². The van der Waals surface area contributed by atoms with Crippen LogP contribution in [0.2, 0.25) is 0 Å². The molecule has 0 spiro atoms. The van der Waals surface area contributed by atoms with Crippen molar-refractivity contribution in [3.63, 3.8) is 0 Å². The largest absolute Gasteiger partial charge is 0.368 e. The van der Waals surface area contributed by atoms with E-state index in [-0.39, 0.29) is 5.95 Å². The second-order valence-corrected chi connectivity index (χ2v) is 5.99. The van der Waals surface area contributed by atoms with Gasteiger partial charge >= 0.3 is 0 Å². The molecule has 0 bridgehead atoms. The number of H-pyrrole nitrogens is 1. The summed E-state index contributed by atoms with van der Waals surface area (Å²) < 4.78 is 1.68. The zero-order chi connectivity index (χ0) is 17.2. The van der Waals surface area contributed by atoms with Crippen LogP contribution < -0.4 is 10.6 Å². The highest BCUT2D eigenvalue weighted by Crippen LogP contribution is 2.18. The van der Waals surface area contributed by atoms with Gasteiger partial charge in [-0.05, 0) is 13.0 Å². The van der Waals surface area contributed by atoms with Gasteiger partial charge in [-0.25, -0.2) is 9.67 Å². The summed E-state index contributed by atoms with van der Waals surface area (Å²) in [4.78, 5) is 17.5. The lowest BCUT2D eigenvalue weighted by Gasteiger charge is -2.34. The molecule has 0 saturated carbocycles. The number of nitrogens with two attached hydrogens (primary N) is 1. The third kappa shape index (κ3) is 3.43. The van der Waals surface area contributed by atoms with Crippen LogP contribution in [-0.2, 0) is 6.54 Å². The highest BCUT2D eigenvalue weighted by molar-refractivity contribution is 5.48. The molecule has 0 radical (unpaired) electrons. The predicted molar refractivity (Wildman–Crippen MR) is 92.2 cm³/mol. The van der Waals surface area contributed by atoms with Gasteiger partial charge in [-0.1, -0.05) is 0 Å². The molecule has 10 heteroatoms. The molecule has 1 saturated heterocycles. The zero-order valence-corrected chi connectivity index (χ0v) is 14.0. The maximum atomic E-state index is 5.88. The van der Waals surface area contributed by atoms with Gasteiger partial charge in [-0.2, -0.15) is 20.2 Å². The van der Waals surface area contributed by atoms with E-state index in [9.17, 15) is 0 Å². The van der Waals surface area contributed by atoms with E-state index in [0.717, 1.165) is 50.2 Å². The first-order chi connectivity index (χ1) is 12.2. The van der Waals surface area contributed by atoms with Crippen LogP contribution >= 0.6 is 0 Å². The van der Waals surface area contributed by atoms with Crippen LogP contribution in [0.5, 0.6) is 0 Å². The first-order valence-electron chi connectivity index (χ1n) is 8.17. The highest BCUT2D eigenvalue weighted by Gasteiger charge is 2.20. The van der Waals surface area contributed by atoms with Crippen molar-refractivity contribution in [3.8, 4) is 5.82 Å². The summed E-state index contributed by atoms with van der Waals surface area (Å²) in [7, 11) is 0. The molecular weight excluding hydrogens is 320 g/mol. The average Bonchev–Trinajstić information content (AvgIpc) is 3.27. The van der Waals surface area contributed by atoms with Crippen LogP contribution in [0.4, 0.5) is 11.8 Å². The van der Waals surface area contributed by atoms with Crippen LogP contribution in [0.25, 0.3) is 5.82 Å². The molecule has 3 N–H and O–H groups in total. The van der Waals surface area contributed by atoms with Crippen LogP contribution in [0, 0.1) is 6.92 Å². The van der Waals surface area contributed by atoms with Gasteiger partial charge in [-0.15, -0.1) is 0 Å². The number of rotatable bonds is 4. The minimum atomic E-state index is 0.252. The van der Waals surface area contributed by atoms with Gasteiger partial charge in [0.1, 0.15) is 11.6 Å². The van der Waals surface area contributed by atoms with Gasteiger partial charge in [0.2, 0.25) is 5.95 Å². The minimum absolute atomic E-state index is 0.252. The van der Waals surface area contributed by atoms with E-state index in [1.165, 1.54) is 0 Å². The topological polar surface area (TPSA) is 118 Å². The summed E-state index contributed by atoms with van der Waals surface area (Å²) in [5.74, 6) is 3.42. The smallest absolute Gasteiger partial charge is 0.224 e. The van der Waals surface area contributed by atoms with Crippen molar-refractivity contribution in [2.75, 3.05) is 36.8 Å². The van der Waals surface area contributed by atoms with Gasteiger partial charge in [0.15, 0.2) is 11.6 Å². The molecule has 3 aromatic rings. The lowest BCUT2D eigenvalue weighted by Crippen LogP contribution is -2.46. The van der Waals surface area contributed by atoms with E-state index in [1.54, 1.807) is 10.9 Å². The lowest BCUT2D eigenvalue weighted by atomic mass is 10.3. The number of hydrogen-bond donors (Lipinski definition) is 2. The van der Waals surface area contributed by atoms with Crippen molar-refractivity contribution >= 4 is 11.8 Å².